The molecule has 0 heterocycles. The molecule has 0 aliphatic rings. The molecule has 0 aliphatic heterocycles. The van der Waals surface area contributed by atoms with E-state index in [1.807, 2.05) is 0 Å². The number of halogens is 2. The summed E-state index contributed by atoms with van der Waals surface area (Å²) in [4.78, 5) is -1.26. The van der Waals surface area contributed by atoms with Gasteiger partial charge in [0.2, 0.25) is 5.79 Å². The van der Waals surface area contributed by atoms with E-state index in [2.05, 4.69) is 0 Å². The molecule has 2 nitrogen and oxygen atoms in total. The SMILES string of the molecule is OC(O)(c1ccccc1)C(Cl)Cl. The third-order valence-electron chi connectivity index (χ3n) is 1.50. The van der Waals surface area contributed by atoms with Crippen molar-refractivity contribution in [1.29, 1.82) is 0 Å². The van der Waals surface area contributed by atoms with Crippen molar-refractivity contribution in [3.8, 4) is 0 Å². The Balaban J connectivity index is 2.98. The molecule has 1 aromatic carbocycles. The molecular formula is C8H8Cl2O2. The highest BCUT2D eigenvalue weighted by molar-refractivity contribution is 6.44. The smallest absolute Gasteiger partial charge is 0.221 e. The summed E-state index contributed by atoms with van der Waals surface area (Å²) in [5, 5.41) is 18.7. The molecule has 1 aromatic rings. The predicted octanol–water partition coefficient (Wildman–Crippen LogP) is 1.63. The van der Waals surface area contributed by atoms with Crippen LogP contribution in [0.15, 0.2) is 30.3 Å². The lowest BCUT2D eigenvalue weighted by Gasteiger charge is -2.22. The first-order valence-electron chi connectivity index (χ1n) is 3.33. The summed E-state index contributed by atoms with van der Waals surface area (Å²) < 4.78 is 0. The number of benzene rings is 1. The minimum Gasteiger partial charge on any atom is -0.360 e. The van der Waals surface area contributed by atoms with Crippen molar-refractivity contribution in [2.75, 3.05) is 0 Å². The molecule has 0 radical (unpaired) electrons. The van der Waals surface area contributed by atoms with Crippen molar-refractivity contribution < 1.29 is 10.2 Å². The molecular weight excluding hydrogens is 199 g/mol. The van der Waals surface area contributed by atoms with Crippen LogP contribution < -0.4 is 0 Å². The van der Waals surface area contributed by atoms with E-state index in [4.69, 9.17) is 23.2 Å². The van der Waals surface area contributed by atoms with Crippen molar-refractivity contribution in [3.63, 3.8) is 0 Å². The van der Waals surface area contributed by atoms with E-state index in [0.717, 1.165) is 0 Å². The molecule has 0 saturated heterocycles. The predicted molar refractivity (Wildman–Crippen MR) is 48.1 cm³/mol. The van der Waals surface area contributed by atoms with E-state index in [1.165, 1.54) is 12.1 Å². The highest BCUT2D eigenvalue weighted by atomic mass is 35.5. The molecule has 0 saturated carbocycles. The van der Waals surface area contributed by atoms with Crippen LogP contribution >= 0.6 is 23.2 Å². The maximum atomic E-state index is 9.35. The number of rotatable bonds is 2. The van der Waals surface area contributed by atoms with Crippen molar-refractivity contribution in [2.45, 2.75) is 10.6 Å². The molecule has 66 valence electrons. The van der Waals surface area contributed by atoms with E-state index in [1.54, 1.807) is 18.2 Å². The van der Waals surface area contributed by atoms with E-state index in [-0.39, 0.29) is 5.56 Å². The van der Waals surface area contributed by atoms with Crippen LogP contribution in [0.3, 0.4) is 0 Å². The second-order valence-electron chi connectivity index (χ2n) is 2.39. The van der Waals surface area contributed by atoms with Gasteiger partial charge in [0.15, 0.2) is 4.84 Å². The Morgan fingerprint density at radius 2 is 1.58 bits per heavy atom. The van der Waals surface area contributed by atoms with Gasteiger partial charge < -0.3 is 10.2 Å². The van der Waals surface area contributed by atoms with Crippen molar-refractivity contribution in [3.05, 3.63) is 35.9 Å². The largest absolute Gasteiger partial charge is 0.360 e. The lowest BCUT2D eigenvalue weighted by molar-refractivity contribution is -0.157. The molecule has 0 amide bonds. The van der Waals surface area contributed by atoms with Gasteiger partial charge >= 0.3 is 0 Å². The third kappa shape index (κ3) is 1.90. The van der Waals surface area contributed by atoms with Crippen LogP contribution in [0.5, 0.6) is 0 Å². The fourth-order valence-electron chi connectivity index (χ4n) is 0.809. The van der Waals surface area contributed by atoms with Crippen LogP contribution in [0.2, 0.25) is 0 Å². The second-order valence-corrected chi connectivity index (χ2v) is 3.49. The van der Waals surface area contributed by atoms with Gasteiger partial charge in [-0.2, -0.15) is 0 Å². The van der Waals surface area contributed by atoms with E-state index in [9.17, 15) is 10.2 Å². The van der Waals surface area contributed by atoms with Gasteiger partial charge in [0, 0.05) is 5.56 Å². The van der Waals surface area contributed by atoms with Gasteiger partial charge in [-0.1, -0.05) is 53.5 Å². The van der Waals surface area contributed by atoms with Crippen LogP contribution in [-0.4, -0.2) is 15.0 Å². The van der Waals surface area contributed by atoms with Gasteiger partial charge in [0.05, 0.1) is 0 Å². The molecule has 0 bridgehead atoms. The maximum absolute atomic E-state index is 9.35. The number of hydrogen-bond acceptors (Lipinski definition) is 2. The molecule has 1 rings (SSSR count). The summed E-state index contributed by atoms with van der Waals surface area (Å²) in [6.45, 7) is 0. The number of aliphatic hydroxyl groups is 2. The van der Waals surface area contributed by atoms with Gasteiger partial charge in [0.25, 0.3) is 0 Å². The fourth-order valence-corrected chi connectivity index (χ4v) is 1.06. The molecule has 2 N–H and O–H groups in total. The van der Waals surface area contributed by atoms with Gasteiger partial charge in [-0.3, -0.25) is 0 Å². The highest BCUT2D eigenvalue weighted by Gasteiger charge is 2.33. The molecule has 0 fully saturated rings. The van der Waals surface area contributed by atoms with Crippen molar-refractivity contribution in [1.82, 2.24) is 0 Å². The Bertz CT molecular complexity index is 246. The van der Waals surface area contributed by atoms with E-state index < -0.39 is 10.6 Å². The van der Waals surface area contributed by atoms with Crippen LogP contribution in [-0.2, 0) is 5.79 Å². The minimum absolute atomic E-state index is 0.278. The van der Waals surface area contributed by atoms with E-state index >= 15 is 0 Å². The van der Waals surface area contributed by atoms with Gasteiger partial charge in [0.1, 0.15) is 0 Å². The number of hydrogen-bond donors (Lipinski definition) is 2. The van der Waals surface area contributed by atoms with Crippen LogP contribution in [0, 0.1) is 0 Å². The Morgan fingerprint density at radius 1 is 1.08 bits per heavy atom. The van der Waals surface area contributed by atoms with E-state index in [0.29, 0.717) is 0 Å². The monoisotopic (exact) mass is 206 g/mol. The normalized spacial score (nSPS) is 12.1. The summed E-state index contributed by atoms with van der Waals surface area (Å²) in [7, 11) is 0. The van der Waals surface area contributed by atoms with Gasteiger partial charge in [-0.15, -0.1) is 0 Å². The van der Waals surface area contributed by atoms with Gasteiger partial charge in [-0.05, 0) is 0 Å². The second kappa shape index (κ2) is 3.62. The summed E-state index contributed by atoms with van der Waals surface area (Å²) >= 11 is 10.7. The summed E-state index contributed by atoms with van der Waals surface area (Å²) in [5.74, 6) is -2.18. The summed E-state index contributed by atoms with van der Waals surface area (Å²) in [5.41, 5.74) is 0.278. The Morgan fingerprint density at radius 3 is 2.00 bits per heavy atom. The lowest BCUT2D eigenvalue weighted by atomic mass is 10.1. The molecule has 0 spiro atoms. The Kier molecular flexibility index (Phi) is 2.96. The Labute approximate surface area is 80.4 Å². The standard InChI is InChI=1S/C8H8Cl2O2/c9-7(10)8(11,12)6-4-2-1-3-5-6/h1-5,7,11-12H. The first-order chi connectivity index (χ1) is 5.55. The zero-order chi connectivity index (χ0) is 9.19. The minimum atomic E-state index is -2.18. The third-order valence-corrected chi connectivity index (χ3v) is 2.11. The zero-order valence-corrected chi connectivity index (χ0v) is 7.63. The van der Waals surface area contributed by atoms with Crippen LogP contribution in [0.25, 0.3) is 0 Å². The molecule has 0 aromatic heterocycles. The average Bonchev–Trinajstić information content (AvgIpc) is 2.06. The molecule has 0 aliphatic carbocycles. The first kappa shape index (κ1) is 9.81. The fraction of sp³-hybridized carbons (Fsp3) is 0.250. The molecule has 4 heteroatoms. The van der Waals surface area contributed by atoms with Crippen LogP contribution in [0.4, 0.5) is 0 Å². The average molecular weight is 207 g/mol. The van der Waals surface area contributed by atoms with Gasteiger partial charge in [-0.25, -0.2) is 0 Å². The lowest BCUT2D eigenvalue weighted by Crippen LogP contribution is -2.32. The Hall–Kier alpha value is -0.280. The van der Waals surface area contributed by atoms with Crippen molar-refractivity contribution >= 4 is 23.2 Å². The zero-order valence-electron chi connectivity index (χ0n) is 6.11. The molecule has 0 unspecified atom stereocenters. The topological polar surface area (TPSA) is 40.5 Å². The summed E-state index contributed by atoms with van der Waals surface area (Å²) in [6, 6.07) is 8.19. The van der Waals surface area contributed by atoms with Crippen LogP contribution in [0.1, 0.15) is 5.56 Å². The number of alkyl halides is 2. The van der Waals surface area contributed by atoms with Crippen molar-refractivity contribution in [2.24, 2.45) is 0 Å². The summed E-state index contributed by atoms with van der Waals surface area (Å²) in [6.07, 6.45) is 0. The highest BCUT2D eigenvalue weighted by Crippen LogP contribution is 2.27. The first-order valence-corrected chi connectivity index (χ1v) is 4.21. The quantitative estimate of drug-likeness (QED) is 0.571. The molecule has 0 atom stereocenters. The maximum Gasteiger partial charge on any atom is 0.221 e. The molecule has 12 heavy (non-hydrogen) atoms.